The van der Waals surface area contributed by atoms with E-state index in [0.29, 0.717) is 31.8 Å². The Morgan fingerprint density at radius 2 is 2.00 bits per heavy atom. The second kappa shape index (κ2) is 8.03. The summed E-state index contributed by atoms with van der Waals surface area (Å²) in [7, 11) is -1.25. The van der Waals surface area contributed by atoms with E-state index in [2.05, 4.69) is 0 Å². The third-order valence-electron chi connectivity index (χ3n) is 2.56. The van der Waals surface area contributed by atoms with E-state index in [4.69, 9.17) is 4.74 Å². The van der Waals surface area contributed by atoms with Crippen LogP contribution in [-0.4, -0.2) is 44.9 Å². The molecule has 2 atom stereocenters. The summed E-state index contributed by atoms with van der Waals surface area (Å²) in [4.78, 5) is 0. The van der Waals surface area contributed by atoms with E-state index in [9.17, 15) is 13.5 Å². The van der Waals surface area contributed by atoms with Crippen LogP contribution in [0.3, 0.4) is 0 Å². The number of hydrogen-bond donors (Lipinski definition) is 1. The lowest BCUT2D eigenvalue weighted by atomic mass is 10.0. The van der Waals surface area contributed by atoms with Gasteiger partial charge in [-0.2, -0.15) is 0 Å². The first kappa shape index (κ1) is 15.9. The molecule has 2 unspecified atom stereocenters. The van der Waals surface area contributed by atoms with Crippen LogP contribution >= 0.6 is 0 Å². The van der Waals surface area contributed by atoms with Crippen LogP contribution in [0, 0.1) is 5.92 Å². The first-order valence-corrected chi connectivity index (χ1v) is 7.60. The molecule has 0 fully saturated rings. The third-order valence-corrected chi connectivity index (χ3v) is 4.35. The minimum Gasteiger partial charge on any atom is -0.393 e. The Kier molecular flexibility index (Phi) is 7.97. The standard InChI is InChI=1S/C11H24O4S/c1-4-16(13,14)7-5-6-11(12)8-10(2)9-15-3/h10-12H,4-9H2,1-3H3. The average molecular weight is 252 g/mol. The zero-order valence-electron chi connectivity index (χ0n) is 10.5. The topological polar surface area (TPSA) is 63.6 Å². The lowest BCUT2D eigenvalue weighted by molar-refractivity contribution is 0.0962. The molecule has 0 saturated heterocycles. The van der Waals surface area contributed by atoms with Crippen LogP contribution in [-0.2, 0) is 14.6 Å². The summed E-state index contributed by atoms with van der Waals surface area (Å²) in [6.45, 7) is 4.28. The minimum atomic E-state index is -2.89. The molecule has 4 nitrogen and oxygen atoms in total. The zero-order valence-corrected chi connectivity index (χ0v) is 11.3. The van der Waals surface area contributed by atoms with Crippen LogP contribution in [0.1, 0.15) is 33.1 Å². The average Bonchev–Trinajstić information content (AvgIpc) is 2.17. The highest BCUT2D eigenvalue weighted by atomic mass is 32.2. The Morgan fingerprint density at radius 3 is 2.50 bits per heavy atom. The summed E-state index contributed by atoms with van der Waals surface area (Å²) >= 11 is 0. The van der Waals surface area contributed by atoms with Gasteiger partial charge in [0.05, 0.1) is 11.9 Å². The molecular weight excluding hydrogens is 228 g/mol. The first-order valence-electron chi connectivity index (χ1n) is 5.78. The maximum absolute atomic E-state index is 11.2. The highest BCUT2D eigenvalue weighted by Gasteiger charge is 2.12. The van der Waals surface area contributed by atoms with Gasteiger partial charge in [-0.1, -0.05) is 13.8 Å². The van der Waals surface area contributed by atoms with Gasteiger partial charge in [0, 0.05) is 19.5 Å². The molecule has 0 radical (unpaired) electrons. The number of aliphatic hydroxyl groups is 1. The second-order valence-corrected chi connectivity index (χ2v) is 6.80. The van der Waals surface area contributed by atoms with Crippen molar-refractivity contribution in [3.05, 3.63) is 0 Å². The molecule has 16 heavy (non-hydrogen) atoms. The van der Waals surface area contributed by atoms with Crippen molar-refractivity contribution in [2.75, 3.05) is 25.2 Å². The van der Waals surface area contributed by atoms with Gasteiger partial charge in [0.2, 0.25) is 0 Å². The number of aliphatic hydroxyl groups excluding tert-OH is 1. The van der Waals surface area contributed by atoms with Crippen molar-refractivity contribution in [2.45, 2.75) is 39.2 Å². The van der Waals surface area contributed by atoms with E-state index in [0.717, 1.165) is 0 Å². The largest absolute Gasteiger partial charge is 0.393 e. The number of rotatable bonds is 9. The van der Waals surface area contributed by atoms with E-state index < -0.39 is 15.9 Å². The Morgan fingerprint density at radius 1 is 1.38 bits per heavy atom. The molecule has 0 aromatic rings. The monoisotopic (exact) mass is 252 g/mol. The zero-order chi connectivity index (χ0) is 12.6. The van der Waals surface area contributed by atoms with Crippen molar-refractivity contribution in [2.24, 2.45) is 5.92 Å². The normalized spacial score (nSPS) is 16.0. The van der Waals surface area contributed by atoms with Crippen molar-refractivity contribution in [1.82, 2.24) is 0 Å². The van der Waals surface area contributed by atoms with E-state index in [1.165, 1.54) is 0 Å². The van der Waals surface area contributed by atoms with Gasteiger partial charge in [-0.3, -0.25) is 0 Å². The molecule has 0 aliphatic rings. The van der Waals surface area contributed by atoms with Crippen molar-refractivity contribution in [3.8, 4) is 0 Å². The van der Waals surface area contributed by atoms with Crippen molar-refractivity contribution in [1.29, 1.82) is 0 Å². The fourth-order valence-corrected chi connectivity index (χ4v) is 2.51. The highest BCUT2D eigenvalue weighted by Crippen LogP contribution is 2.11. The fraction of sp³-hybridized carbons (Fsp3) is 1.00. The molecular formula is C11H24O4S. The third kappa shape index (κ3) is 8.07. The maximum atomic E-state index is 11.2. The van der Waals surface area contributed by atoms with Crippen molar-refractivity contribution in [3.63, 3.8) is 0 Å². The molecule has 0 saturated carbocycles. The van der Waals surface area contributed by atoms with Gasteiger partial charge in [-0.15, -0.1) is 0 Å². The summed E-state index contributed by atoms with van der Waals surface area (Å²) in [5.41, 5.74) is 0. The van der Waals surface area contributed by atoms with Crippen molar-refractivity contribution >= 4 is 9.84 Å². The molecule has 0 heterocycles. The predicted octanol–water partition coefficient (Wildman–Crippen LogP) is 1.23. The molecule has 1 N–H and O–H groups in total. The van der Waals surface area contributed by atoms with Crippen molar-refractivity contribution < 1.29 is 18.3 Å². The molecule has 0 rings (SSSR count). The number of hydrogen-bond acceptors (Lipinski definition) is 4. The lowest BCUT2D eigenvalue weighted by Crippen LogP contribution is -2.17. The van der Waals surface area contributed by atoms with Gasteiger partial charge in [-0.05, 0) is 25.2 Å². The van der Waals surface area contributed by atoms with Gasteiger partial charge >= 0.3 is 0 Å². The van der Waals surface area contributed by atoms with Crippen LogP contribution in [0.25, 0.3) is 0 Å². The number of ether oxygens (including phenoxy) is 1. The minimum absolute atomic E-state index is 0.180. The SMILES string of the molecule is CCS(=O)(=O)CCCC(O)CC(C)COC. The molecule has 0 aromatic carbocycles. The molecule has 0 aromatic heterocycles. The summed E-state index contributed by atoms with van der Waals surface area (Å²) in [6.07, 6.45) is 1.34. The van der Waals surface area contributed by atoms with Gasteiger partial charge in [0.15, 0.2) is 0 Å². The van der Waals surface area contributed by atoms with E-state index in [-0.39, 0.29) is 11.5 Å². The second-order valence-electron chi connectivity index (χ2n) is 4.33. The molecule has 0 aliphatic heterocycles. The quantitative estimate of drug-likeness (QED) is 0.670. The van der Waals surface area contributed by atoms with Crippen LogP contribution in [0.5, 0.6) is 0 Å². The Hall–Kier alpha value is -0.130. The maximum Gasteiger partial charge on any atom is 0.150 e. The smallest absolute Gasteiger partial charge is 0.150 e. The van der Waals surface area contributed by atoms with Crippen LogP contribution in [0.4, 0.5) is 0 Å². The summed E-state index contributed by atoms with van der Waals surface area (Å²) in [5.74, 6) is 0.672. The highest BCUT2D eigenvalue weighted by molar-refractivity contribution is 7.91. The van der Waals surface area contributed by atoms with Gasteiger partial charge in [-0.25, -0.2) is 8.42 Å². The van der Waals surface area contributed by atoms with Gasteiger partial charge in [0.1, 0.15) is 9.84 Å². The number of sulfone groups is 1. The first-order chi connectivity index (χ1) is 7.41. The molecule has 0 aliphatic carbocycles. The fourth-order valence-electron chi connectivity index (χ4n) is 1.62. The summed E-state index contributed by atoms with van der Waals surface area (Å²) in [6, 6.07) is 0. The molecule has 0 amide bonds. The predicted molar refractivity (Wildman–Crippen MR) is 65.2 cm³/mol. The van der Waals surface area contributed by atoms with Crippen LogP contribution < -0.4 is 0 Å². The van der Waals surface area contributed by atoms with E-state index in [1.54, 1.807) is 14.0 Å². The molecule has 0 spiro atoms. The Labute approximate surface area is 98.9 Å². The van der Waals surface area contributed by atoms with E-state index in [1.807, 2.05) is 6.92 Å². The van der Waals surface area contributed by atoms with Crippen LogP contribution in [0.2, 0.25) is 0 Å². The lowest BCUT2D eigenvalue weighted by Gasteiger charge is -2.15. The summed E-state index contributed by atoms with van der Waals surface area (Å²) < 4.78 is 27.4. The Bertz CT molecular complexity index is 261. The molecule has 98 valence electrons. The van der Waals surface area contributed by atoms with Crippen LogP contribution in [0.15, 0.2) is 0 Å². The van der Waals surface area contributed by atoms with E-state index >= 15 is 0 Å². The Balaban J connectivity index is 3.70. The van der Waals surface area contributed by atoms with Gasteiger partial charge < -0.3 is 9.84 Å². The number of methoxy groups -OCH3 is 1. The van der Waals surface area contributed by atoms with Gasteiger partial charge in [0.25, 0.3) is 0 Å². The summed E-state index contributed by atoms with van der Waals surface area (Å²) in [5, 5.41) is 9.67. The molecule has 5 heteroatoms. The molecule has 0 bridgehead atoms.